The molecule has 0 radical (unpaired) electrons. The highest BCUT2D eigenvalue weighted by molar-refractivity contribution is 6.10. The van der Waals surface area contributed by atoms with Crippen LogP contribution in [-0.2, 0) is 0 Å². The monoisotopic (exact) mass is 790 g/mol. The Morgan fingerprint density at radius 1 is 0.242 bits per heavy atom. The molecule has 10 aromatic carbocycles. The Kier molecular flexibility index (Phi) is 9.57. The van der Waals surface area contributed by atoms with Crippen molar-refractivity contribution < 1.29 is 0 Å². The van der Waals surface area contributed by atoms with Gasteiger partial charge >= 0.3 is 0 Å². The van der Waals surface area contributed by atoms with Crippen LogP contribution in [0.4, 0.5) is 17.1 Å². The Labute approximate surface area is 362 Å². The summed E-state index contributed by atoms with van der Waals surface area (Å²) in [6, 6.07) is 91.9. The van der Waals surface area contributed by atoms with E-state index in [9.17, 15) is 0 Å². The molecule has 0 saturated heterocycles. The maximum Gasteiger partial charge on any atom is 0.0541 e. The Morgan fingerprint density at radius 2 is 0.613 bits per heavy atom. The summed E-state index contributed by atoms with van der Waals surface area (Å²) >= 11 is 0. The van der Waals surface area contributed by atoms with Gasteiger partial charge in [0.05, 0.1) is 22.4 Å². The molecule has 0 fully saturated rings. The Balaban J connectivity index is 0.992. The van der Waals surface area contributed by atoms with Crippen molar-refractivity contribution in [2.24, 2.45) is 0 Å². The van der Waals surface area contributed by atoms with Crippen LogP contribution in [0.1, 0.15) is 0 Å². The normalized spacial score (nSPS) is 11.2. The minimum Gasteiger partial charge on any atom is -0.310 e. The lowest BCUT2D eigenvalue weighted by Crippen LogP contribution is -2.11. The van der Waals surface area contributed by atoms with E-state index >= 15 is 0 Å². The minimum atomic E-state index is 1.08. The zero-order valence-corrected chi connectivity index (χ0v) is 34.1. The lowest BCUT2D eigenvalue weighted by molar-refractivity contribution is 1.18. The molecule has 2 nitrogen and oxygen atoms in total. The molecule has 1 aromatic heterocycles. The van der Waals surface area contributed by atoms with Crippen LogP contribution in [0.25, 0.3) is 83.1 Å². The molecule has 1 heterocycles. The maximum absolute atomic E-state index is 2.42. The topological polar surface area (TPSA) is 8.17 Å². The predicted molar refractivity (Wildman–Crippen MR) is 263 cm³/mol. The van der Waals surface area contributed by atoms with Crippen LogP contribution in [-0.4, -0.2) is 4.57 Å². The summed E-state index contributed by atoms with van der Waals surface area (Å²) in [7, 11) is 0. The van der Waals surface area contributed by atoms with Gasteiger partial charge in [0.2, 0.25) is 0 Å². The zero-order chi connectivity index (χ0) is 41.2. The molecule has 11 rings (SSSR count). The third kappa shape index (κ3) is 6.74. The first-order valence-corrected chi connectivity index (χ1v) is 21.3. The average molecular weight is 791 g/mol. The van der Waals surface area contributed by atoms with Gasteiger partial charge in [-0.15, -0.1) is 0 Å². The van der Waals surface area contributed by atoms with Gasteiger partial charge in [-0.3, -0.25) is 0 Å². The number of para-hydroxylation sites is 4. The van der Waals surface area contributed by atoms with Crippen LogP contribution in [0.5, 0.6) is 0 Å². The Hall–Kier alpha value is -8.20. The number of fused-ring (bicyclic) bond motifs is 3. The molecule has 0 aliphatic heterocycles. The van der Waals surface area contributed by atoms with Crippen LogP contribution in [0.3, 0.4) is 0 Å². The van der Waals surface area contributed by atoms with Crippen molar-refractivity contribution in [1.29, 1.82) is 0 Å². The van der Waals surface area contributed by atoms with E-state index in [-0.39, 0.29) is 0 Å². The van der Waals surface area contributed by atoms with Gasteiger partial charge in [-0.05, 0) is 93.0 Å². The fourth-order valence-electron chi connectivity index (χ4n) is 9.08. The summed E-state index contributed by atoms with van der Waals surface area (Å²) in [5.41, 5.74) is 18.7. The van der Waals surface area contributed by atoms with Gasteiger partial charge in [-0.25, -0.2) is 0 Å². The van der Waals surface area contributed by atoms with E-state index in [1.54, 1.807) is 0 Å². The van der Waals surface area contributed by atoms with Crippen molar-refractivity contribution in [2.45, 2.75) is 0 Å². The number of anilines is 3. The zero-order valence-electron chi connectivity index (χ0n) is 34.1. The molecule has 0 saturated carbocycles. The molecule has 0 amide bonds. The molecule has 11 aromatic rings. The molecular formula is C60H42N2. The number of nitrogens with zero attached hydrogens (tertiary/aromatic N) is 2. The fourth-order valence-corrected chi connectivity index (χ4v) is 9.08. The van der Waals surface area contributed by atoms with Crippen molar-refractivity contribution in [1.82, 2.24) is 4.57 Å². The van der Waals surface area contributed by atoms with Gasteiger partial charge in [-0.2, -0.15) is 0 Å². The van der Waals surface area contributed by atoms with Gasteiger partial charge in [0.15, 0.2) is 0 Å². The summed E-state index contributed by atoms with van der Waals surface area (Å²) in [5, 5.41) is 2.51. The molecule has 0 N–H and O–H groups in total. The first kappa shape index (κ1) is 36.8. The number of aromatic nitrogens is 1. The second-order valence-corrected chi connectivity index (χ2v) is 15.7. The molecule has 62 heavy (non-hydrogen) atoms. The van der Waals surface area contributed by atoms with Crippen LogP contribution in [0.15, 0.2) is 255 Å². The van der Waals surface area contributed by atoms with Gasteiger partial charge in [0.25, 0.3) is 0 Å². The second-order valence-electron chi connectivity index (χ2n) is 15.7. The molecular weight excluding hydrogens is 749 g/mol. The van der Waals surface area contributed by atoms with E-state index in [2.05, 4.69) is 264 Å². The summed E-state index contributed by atoms with van der Waals surface area (Å²) < 4.78 is 2.42. The van der Waals surface area contributed by atoms with E-state index in [0.29, 0.717) is 0 Å². The second kappa shape index (κ2) is 16.1. The third-order valence-corrected chi connectivity index (χ3v) is 12.1. The molecule has 0 aliphatic carbocycles. The molecule has 0 atom stereocenters. The molecule has 2 heteroatoms. The van der Waals surface area contributed by atoms with Crippen molar-refractivity contribution in [3.8, 4) is 61.3 Å². The number of benzene rings is 10. The summed E-state index contributed by atoms with van der Waals surface area (Å²) in [6.07, 6.45) is 0. The number of hydrogen-bond acceptors (Lipinski definition) is 1. The first-order chi connectivity index (χ1) is 30.8. The van der Waals surface area contributed by atoms with E-state index in [0.717, 1.165) is 28.3 Å². The van der Waals surface area contributed by atoms with Crippen molar-refractivity contribution >= 4 is 38.9 Å². The molecule has 0 bridgehead atoms. The number of rotatable bonds is 9. The van der Waals surface area contributed by atoms with Crippen LogP contribution in [0, 0.1) is 0 Å². The highest BCUT2D eigenvalue weighted by atomic mass is 15.1. The Morgan fingerprint density at radius 3 is 1.19 bits per heavy atom. The molecule has 0 spiro atoms. The summed E-state index contributed by atoms with van der Waals surface area (Å²) in [6.45, 7) is 0. The summed E-state index contributed by atoms with van der Waals surface area (Å²) in [5.74, 6) is 0. The van der Waals surface area contributed by atoms with E-state index < -0.39 is 0 Å². The molecule has 292 valence electrons. The van der Waals surface area contributed by atoms with Gasteiger partial charge in [0.1, 0.15) is 0 Å². The highest BCUT2D eigenvalue weighted by Crippen LogP contribution is 2.44. The van der Waals surface area contributed by atoms with E-state index in [4.69, 9.17) is 0 Å². The van der Waals surface area contributed by atoms with Crippen molar-refractivity contribution in [3.05, 3.63) is 255 Å². The SMILES string of the molecule is c1ccc(-c2ccc(-c3ccc(N(c4ccc(-c5ccccc5-c5ccccc5-n5c6ccccc6c6ccccc65)cc4)c4ccccc4-c4ccccc4)cc3)cc2)cc1. The highest BCUT2D eigenvalue weighted by Gasteiger charge is 2.20. The lowest BCUT2D eigenvalue weighted by Gasteiger charge is -2.28. The van der Waals surface area contributed by atoms with Crippen LogP contribution >= 0.6 is 0 Å². The standard InChI is InChI=1S/C60H42N2/c1-3-17-43(18-4-1)44-31-33-45(34-32-44)46-35-39-49(40-36-46)61(57-27-13-9-22-52(57)47-19-5-2-6-20-47)50-41-37-48(38-42-50)51-21-7-8-23-53(51)54-24-10-14-28-58(54)62-59-29-15-11-25-55(59)56-26-12-16-30-60(56)62/h1-42H. The lowest BCUT2D eigenvalue weighted by atomic mass is 9.93. The van der Waals surface area contributed by atoms with Crippen molar-refractivity contribution in [2.75, 3.05) is 4.90 Å². The van der Waals surface area contributed by atoms with Gasteiger partial charge < -0.3 is 9.47 Å². The Bertz CT molecular complexity index is 3260. The van der Waals surface area contributed by atoms with Gasteiger partial charge in [-0.1, -0.05) is 206 Å². The minimum absolute atomic E-state index is 1.08. The first-order valence-electron chi connectivity index (χ1n) is 21.3. The quantitative estimate of drug-likeness (QED) is 0.141. The fraction of sp³-hybridized carbons (Fsp3) is 0. The molecule has 0 unspecified atom stereocenters. The largest absolute Gasteiger partial charge is 0.310 e. The number of hydrogen-bond donors (Lipinski definition) is 0. The average Bonchev–Trinajstić information content (AvgIpc) is 3.69. The van der Waals surface area contributed by atoms with Crippen LogP contribution in [0.2, 0.25) is 0 Å². The molecule has 0 aliphatic rings. The predicted octanol–water partition coefficient (Wildman–Crippen LogP) is 16.6. The van der Waals surface area contributed by atoms with Crippen molar-refractivity contribution in [3.63, 3.8) is 0 Å². The third-order valence-electron chi connectivity index (χ3n) is 12.1. The maximum atomic E-state index is 2.42. The van der Waals surface area contributed by atoms with E-state index in [1.165, 1.54) is 71.9 Å². The summed E-state index contributed by atoms with van der Waals surface area (Å²) in [4.78, 5) is 2.39. The smallest absolute Gasteiger partial charge is 0.0541 e. The van der Waals surface area contributed by atoms with Crippen LogP contribution < -0.4 is 4.90 Å². The van der Waals surface area contributed by atoms with E-state index in [1.807, 2.05) is 0 Å². The van der Waals surface area contributed by atoms with Gasteiger partial charge in [0, 0.05) is 33.3 Å².